The quantitative estimate of drug-likeness (QED) is 0.187. The molecule has 4 aromatic rings. The number of fused-ring (bicyclic) bond motifs is 1. The molecule has 1 amide bonds. The lowest BCUT2D eigenvalue weighted by atomic mass is 10.2. The molecule has 166 valence electrons. The lowest BCUT2D eigenvalue weighted by molar-refractivity contribution is -0.118. The average molecular weight is 481 g/mol. The van der Waals surface area contributed by atoms with Crippen LogP contribution in [0, 0.1) is 12.7 Å². The van der Waals surface area contributed by atoms with Gasteiger partial charge in [-0.05, 0) is 42.8 Å². The number of para-hydroxylation sites is 2. The molecule has 6 nitrogen and oxygen atoms in total. The van der Waals surface area contributed by atoms with Gasteiger partial charge in [0.2, 0.25) is 0 Å². The highest BCUT2D eigenvalue weighted by atomic mass is 35.5. The van der Waals surface area contributed by atoms with Crippen molar-refractivity contribution in [2.45, 2.75) is 12.1 Å². The number of hydrogen-bond acceptors (Lipinski definition) is 5. The maximum Gasteiger partial charge on any atom is 0.266 e. The number of nitrogens with zero attached hydrogens (tertiary/aromatic N) is 3. The van der Waals surface area contributed by atoms with Gasteiger partial charge in [-0.2, -0.15) is 5.10 Å². The first-order chi connectivity index (χ1) is 16.0. The monoisotopic (exact) mass is 480 g/mol. The summed E-state index contributed by atoms with van der Waals surface area (Å²) in [5.74, 6) is -1.04. The number of halogens is 2. The Kier molecular flexibility index (Phi) is 6.86. The van der Waals surface area contributed by atoms with Gasteiger partial charge in [0, 0.05) is 5.56 Å². The maximum absolute atomic E-state index is 13.8. The fourth-order valence-corrected chi connectivity index (χ4v) is 4.21. The Morgan fingerprint density at radius 2 is 1.91 bits per heavy atom. The van der Waals surface area contributed by atoms with E-state index in [4.69, 9.17) is 11.6 Å². The molecule has 0 bridgehead atoms. The third kappa shape index (κ3) is 4.97. The molecule has 0 aliphatic carbocycles. The van der Waals surface area contributed by atoms with Gasteiger partial charge < -0.3 is 0 Å². The summed E-state index contributed by atoms with van der Waals surface area (Å²) < 4.78 is 15.3. The molecule has 1 aromatic heterocycles. The van der Waals surface area contributed by atoms with E-state index in [0.717, 1.165) is 23.5 Å². The molecule has 0 saturated carbocycles. The number of carbonyl (C=O) groups excluding carboxylic acids is 1. The average Bonchev–Trinajstić information content (AvgIpc) is 2.80. The summed E-state index contributed by atoms with van der Waals surface area (Å²) in [4.78, 5) is 30.2. The van der Waals surface area contributed by atoms with E-state index in [0.29, 0.717) is 21.7 Å². The third-order valence-electron chi connectivity index (χ3n) is 4.82. The van der Waals surface area contributed by atoms with Gasteiger partial charge in [0.05, 0.1) is 33.6 Å². The standard InChI is InChI=1S/C24H18ClFN4O2S/c1-15-7-2-5-12-21(15)30-23(32)16-8-3-4-11-20(16)28-24(30)33-14-22(31)29-27-13-17-18(25)9-6-10-19(17)26/h2-13H,14H2,1H3,(H,29,31)/b27-13+. The van der Waals surface area contributed by atoms with E-state index >= 15 is 0 Å². The maximum atomic E-state index is 13.8. The number of amides is 1. The molecule has 1 N–H and O–H groups in total. The molecular weight excluding hydrogens is 463 g/mol. The van der Waals surface area contributed by atoms with Crippen molar-refractivity contribution in [1.82, 2.24) is 15.0 Å². The minimum absolute atomic E-state index is 0.0565. The Morgan fingerprint density at radius 3 is 2.70 bits per heavy atom. The number of rotatable bonds is 6. The summed E-state index contributed by atoms with van der Waals surface area (Å²) in [6.45, 7) is 1.90. The van der Waals surface area contributed by atoms with Crippen LogP contribution in [-0.4, -0.2) is 27.4 Å². The molecule has 0 spiro atoms. The molecule has 4 rings (SSSR count). The molecule has 0 unspecified atom stereocenters. The van der Waals surface area contributed by atoms with E-state index in [1.807, 2.05) is 31.2 Å². The van der Waals surface area contributed by atoms with Gasteiger partial charge in [0.25, 0.3) is 11.5 Å². The van der Waals surface area contributed by atoms with Crippen molar-refractivity contribution in [3.63, 3.8) is 0 Å². The largest absolute Gasteiger partial charge is 0.272 e. The van der Waals surface area contributed by atoms with Crippen molar-refractivity contribution in [1.29, 1.82) is 0 Å². The summed E-state index contributed by atoms with van der Waals surface area (Å²) in [7, 11) is 0. The lowest BCUT2D eigenvalue weighted by Crippen LogP contribution is -2.24. The van der Waals surface area contributed by atoms with Crippen molar-refractivity contribution >= 4 is 46.4 Å². The van der Waals surface area contributed by atoms with E-state index in [-0.39, 0.29) is 21.9 Å². The Morgan fingerprint density at radius 1 is 1.15 bits per heavy atom. The zero-order valence-corrected chi connectivity index (χ0v) is 19.0. The Labute approximate surface area is 198 Å². The van der Waals surface area contributed by atoms with Gasteiger partial charge in [0.1, 0.15) is 5.82 Å². The number of aromatic nitrogens is 2. The molecule has 0 saturated heterocycles. The first-order valence-corrected chi connectivity index (χ1v) is 11.3. The number of nitrogens with one attached hydrogen (secondary N) is 1. The molecule has 0 fully saturated rings. The van der Waals surface area contributed by atoms with Crippen LogP contribution in [0.5, 0.6) is 0 Å². The molecule has 9 heteroatoms. The minimum Gasteiger partial charge on any atom is -0.272 e. The normalized spacial score (nSPS) is 11.2. The van der Waals surface area contributed by atoms with Gasteiger partial charge in [-0.1, -0.05) is 59.8 Å². The molecule has 0 radical (unpaired) electrons. The van der Waals surface area contributed by atoms with Gasteiger partial charge in [0.15, 0.2) is 5.16 Å². The molecule has 3 aromatic carbocycles. The number of hydrazone groups is 1. The number of aryl methyl sites for hydroxylation is 1. The van der Waals surface area contributed by atoms with Crippen LogP contribution in [0.25, 0.3) is 16.6 Å². The van der Waals surface area contributed by atoms with Crippen molar-refractivity contribution in [2.75, 3.05) is 5.75 Å². The first-order valence-electron chi connectivity index (χ1n) is 9.92. The summed E-state index contributed by atoms with van der Waals surface area (Å²) in [5.41, 5.74) is 4.34. The highest BCUT2D eigenvalue weighted by molar-refractivity contribution is 7.99. The third-order valence-corrected chi connectivity index (χ3v) is 6.08. The predicted octanol–water partition coefficient (Wildman–Crippen LogP) is 4.73. The van der Waals surface area contributed by atoms with Crippen LogP contribution in [0.2, 0.25) is 5.02 Å². The van der Waals surface area contributed by atoms with Crippen molar-refractivity contribution in [3.8, 4) is 5.69 Å². The Hall–Kier alpha value is -3.49. The van der Waals surface area contributed by atoms with Crippen LogP contribution in [-0.2, 0) is 4.79 Å². The van der Waals surface area contributed by atoms with Crippen LogP contribution in [0.3, 0.4) is 0 Å². The summed E-state index contributed by atoms with van der Waals surface area (Å²) in [5, 5.41) is 4.84. The first kappa shape index (κ1) is 22.7. The SMILES string of the molecule is Cc1ccccc1-n1c(SCC(=O)N/N=C/c2c(F)cccc2Cl)nc2ccccc2c1=O. The summed E-state index contributed by atoms with van der Waals surface area (Å²) in [6, 6.07) is 18.8. The van der Waals surface area contributed by atoms with Crippen LogP contribution in [0.15, 0.2) is 81.8 Å². The minimum atomic E-state index is -0.544. The van der Waals surface area contributed by atoms with Gasteiger partial charge >= 0.3 is 0 Å². The molecule has 1 heterocycles. The van der Waals surface area contributed by atoms with Crippen LogP contribution in [0.4, 0.5) is 4.39 Å². The zero-order chi connectivity index (χ0) is 23.4. The van der Waals surface area contributed by atoms with E-state index in [1.54, 1.807) is 24.3 Å². The number of hydrogen-bond donors (Lipinski definition) is 1. The fraction of sp³-hybridized carbons (Fsp3) is 0.0833. The van der Waals surface area contributed by atoms with Crippen LogP contribution in [0.1, 0.15) is 11.1 Å². The highest BCUT2D eigenvalue weighted by Crippen LogP contribution is 2.23. The van der Waals surface area contributed by atoms with E-state index in [1.165, 1.54) is 22.8 Å². The summed E-state index contributed by atoms with van der Waals surface area (Å²) >= 11 is 7.05. The van der Waals surface area contributed by atoms with Crippen LogP contribution < -0.4 is 11.0 Å². The Balaban J connectivity index is 1.59. The number of carbonyl (C=O) groups is 1. The molecule has 33 heavy (non-hydrogen) atoms. The zero-order valence-electron chi connectivity index (χ0n) is 17.5. The van der Waals surface area contributed by atoms with Gasteiger partial charge in [-0.15, -0.1) is 0 Å². The summed E-state index contributed by atoms with van der Waals surface area (Å²) in [6.07, 6.45) is 1.15. The molecule has 0 atom stereocenters. The lowest BCUT2D eigenvalue weighted by Gasteiger charge is -2.14. The fourth-order valence-electron chi connectivity index (χ4n) is 3.20. The van der Waals surface area contributed by atoms with E-state index in [9.17, 15) is 14.0 Å². The second-order valence-corrected chi connectivity index (χ2v) is 8.41. The van der Waals surface area contributed by atoms with Crippen molar-refractivity contribution in [2.24, 2.45) is 5.10 Å². The number of thioether (sulfide) groups is 1. The van der Waals surface area contributed by atoms with Gasteiger partial charge in [-0.3, -0.25) is 14.2 Å². The predicted molar refractivity (Wildman–Crippen MR) is 130 cm³/mol. The second kappa shape index (κ2) is 9.97. The Bertz CT molecular complexity index is 1420. The second-order valence-electron chi connectivity index (χ2n) is 7.06. The topological polar surface area (TPSA) is 76.3 Å². The highest BCUT2D eigenvalue weighted by Gasteiger charge is 2.16. The van der Waals surface area contributed by atoms with Crippen molar-refractivity contribution < 1.29 is 9.18 Å². The van der Waals surface area contributed by atoms with Gasteiger partial charge in [-0.25, -0.2) is 14.8 Å². The number of benzene rings is 3. The molecule has 0 aliphatic heterocycles. The smallest absolute Gasteiger partial charge is 0.266 e. The van der Waals surface area contributed by atoms with E-state index < -0.39 is 11.7 Å². The van der Waals surface area contributed by atoms with Crippen LogP contribution >= 0.6 is 23.4 Å². The van der Waals surface area contributed by atoms with E-state index in [2.05, 4.69) is 15.5 Å². The molecule has 0 aliphatic rings. The molecular formula is C24H18ClFN4O2S. The van der Waals surface area contributed by atoms with Crippen molar-refractivity contribution in [3.05, 3.63) is 99.1 Å².